The first-order chi connectivity index (χ1) is 10.7. The summed E-state index contributed by atoms with van der Waals surface area (Å²) in [6, 6.07) is 3.92. The lowest BCUT2D eigenvalue weighted by molar-refractivity contribution is -0.0746. The summed E-state index contributed by atoms with van der Waals surface area (Å²) in [5, 5.41) is 0. The number of ether oxygens (including phenoxy) is 2. The topological polar surface area (TPSA) is 51.7 Å². The molecule has 22 heavy (non-hydrogen) atoms. The molecule has 0 spiro atoms. The zero-order valence-corrected chi connectivity index (χ0v) is 13.3. The lowest BCUT2D eigenvalue weighted by atomic mass is 10.0. The fourth-order valence-corrected chi connectivity index (χ4v) is 3.52. The van der Waals surface area contributed by atoms with Crippen LogP contribution in [0.25, 0.3) is 0 Å². The Labute approximate surface area is 131 Å². The molecule has 1 aromatic rings. The highest BCUT2D eigenvalue weighted by Gasteiger charge is 2.44. The van der Waals surface area contributed by atoms with Crippen molar-refractivity contribution >= 4 is 5.91 Å². The number of hydrogen-bond donors (Lipinski definition) is 0. The van der Waals surface area contributed by atoms with Crippen molar-refractivity contribution < 1.29 is 14.3 Å². The van der Waals surface area contributed by atoms with Gasteiger partial charge in [-0.3, -0.25) is 9.78 Å². The third-order valence-corrected chi connectivity index (χ3v) is 4.68. The Bertz CT molecular complexity index is 517. The van der Waals surface area contributed by atoms with E-state index in [-0.39, 0.29) is 18.1 Å². The molecule has 3 atom stereocenters. The summed E-state index contributed by atoms with van der Waals surface area (Å²) in [5.41, 5.74) is 1.59. The third-order valence-electron chi connectivity index (χ3n) is 4.68. The van der Waals surface area contributed by atoms with Crippen LogP contribution in [-0.2, 0) is 9.47 Å². The van der Waals surface area contributed by atoms with Gasteiger partial charge in [-0.2, -0.15) is 0 Å². The van der Waals surface area contributed by atoms with Gasteiger partial charge in [0.25, 0.3) is 5.91 Å². The van der Waals surface area contributed by atoms with Gasteiger partial charge in [-0.15, -0.1) is 0 Å². The molecule has 3 unspecified atom stereocenters. The highest BCUT2D eigenvalue weighted by molar-refractivity contribution is 5.94. The predicted molar refractivity (Wildman–Crippen MR) is 82.8 cm³/mol. The minimum atomic E-state index is 0.0721. The number of hydrogen-bond acceptors (Lipinski definition) is 4. The van der Waals surface area contributed by atoms with Gasteiger partial charge in [0.05, 0.1) is 30.9 Å². The Kier molecular flexibility index (Phi) is 4.74. The number of carbonyl (C=O) groups excluding carboxylic acids is 1. The number of nitrogens with zero attached hydrogens (tertiary/aromatic N) is 2. The molecule has 2 fully saturated rings. The Balaban J connectivity index is 1.72. The maximum atomic E-state index is 12.8. The summed E-state index contributed by atoms with van der Waals surface area (Å²) in [4.78, 5) is 19.0. The van der Waals surface area contributed by atoms with Crippen LogP contribution in [0.15, 0.2) is 18.3 Å². The molecule has 120 valence electrons. The Hall–Kier alpha value is -1.46. The van der Waals surface area contributed by atoms with Crippen molar-refractivity contribution in [3.8, 4) is 0 Å². The van der Waals surface area contributed by atoms with Crippen LogP contribution < -0.4 is 0 Å². The normalized spacial score (nSPS) is 27.7. The Morgan fingerprint density at radius 1 is 1.45 bits per heavy atom. The van der Waals surface area contributed by atoms with Gasteiger partial charge in [-0.05, 0) is 38.8 Å². The number of pyridine rings is 1. The van der Waals surface area contributed by atoms with Crippen LogP contribution in [0, 0.1) is 12.8 Å². The van der Waals surface area contributed by atoms with Crippen LogP contribution in [0.5, 0.6) is 0 Å². The number of aryl methyl sites for hydroxylation is 1. The average Bonchev–Trinajstić information content (AvgIpc) is 2.96. The molecule has 5 heteroatoms. The molecule has 5 nitrogen and oxygen atoms in total. The van der Waals surface area contributed by atoms with Gasteiger partial charge in [0.15, 0.2) is 0 Å². The lowest BCUT2D eigenvalue weighted by Crippen LogP contribution is -2.53. The van der Waals surface area contributed by atoms with Crippen LogP contribution in [0.1, 0.15) is 35.8 Å². The van der Waals surface area contributed by atoms with Gasteiger partial charge in [0, 0.05) is 31.0 Å². The minimum absolute atomic E-state index is 0.0721. The summed E-state index contributed by atoms with van der Waals surface area (Å²) < 4.78 is 11.5. The molecule has 2 heterocycles. The van der Waals surface area contributed by atoms with Crippen molar-refractivity contribution in [2.45, 2.75) is 38.8 Å². The lowest BCUT2D eigenvalue weighted by Gasteiger charge is -2.39. The van der Waals surface area contributed by atoms with Crippen molar-refractivity contribution in [2.75, 3.05) is 26.4 Å². The number of aromatic nitrogens is 1. The predicted octanol–water partition coefficient (Wildman–Crippen LogP) is 2.05. The molecule has 0 bridgehead atoms. The minimum Gasteiger partial charge on any atom is -0.381 e. The Morgan fingerprint density at radius 2 is 2.32 bits per heavy atom. The molecule has 0 N–H and O–H groups in total. The first kappa shape index (κ1) is 15.4. The summed E-state index contributed by atoms with van der Waals surface area (Å²) in [7, 11) is 0. The monoisotopic (exact) mass is 304 g/mol. The van der Waals surface area contributed by atoms with Gasteiger partial charge < -0.3 is 14.4 Å². The van der Waals surface area contributed by atoms with Crippen molar-refractivity contribution in [1.82, 2.24) is 9.88 Å². The summed E-state index contributed by atoms with van der Waals surface area (Å²) in [6.07, 6.45) is 3.84. The van der Waals surface area contributed by atoms with E-state index in [4.69, 9.17) is 9.47 Å². The van der Waals surface area contributed by atoms with E-state index in [0.717, 1.165) is 31.7 Å². The molecule has 0 aromatic carbocycles. The summed E-state index contributed by atoms with van der Waals surface area (Å²) >= 11 is 0. The van der Waals surface area contributed by atoms with E-state index in [2.05, 4.69) is 4.98 Å². The van der Waals surface area contributed by atoms with Crippen LogP contribution in [0.2, 0.25) is 0 Å². The SMILES string of the molecule is CCOCC1CCC2C1OCCN2C(=O)c1ccc(C)nc1. The molecule has 1 aromatic heterocycles. The molecule has 0 radical (unpaired) electrons. The second-order valence-electron chi connectivity index (χ2n) is 6.09. The van der Waals surface area contributed by atoms with E-state index in [1.807, 2.05) is 30.9 Å². The highest BCUT2D eigenvalue weighted by atomic mass is 16.5. The first-order valence-electron chi connectivity index (χ1n) is 8.13. The van der Waals surface area contributed by atoms with E-state index >= 15 is 0 Å². The van der Waals surface area contributed by atoms with E-state index < -0.39 is 0 Å². The fraction of sp³-hybridized carbons (Fsp3) is 0.647. The number of amides is 1. The number of rotatable bonds is 4. The first-order valence-corrected chi connectivity index (χ1v) is 8.13. The van der Waals surface area contributed by atoms with Gasteiger partial charge in [0.2, 0.25) is 0 Å². The number of fused-ring (bicyclic) bond motifs is 1. The molecule has 1 saturated heterocycles. The largest absolute Gasteiger partial charge is 0.381 e. The molecule has 1 aliphatic carbocycles. The number of morpholine rings is 1. The van der Waals surface area contributed by atoms with Crippen molar-refractivity contribution in [3.05, 3.63) is 29.6 Å². The molecule has 1 saturated carbocycles. The van der Waals surface area contributed by atoms with Crippen molar-refractivity contribution in [2.24, 2.45) is 5.92 Å². The van der Waals surface area contributed by atoms with E-state index in [0.29, 0.717) is 24.6 Å². The number of carbonyl (C=O) groups is 1. The average molecular weight is 304 g/mol. The molecule has 1 amide bonds. The maximum Gasteiger partial charge on any atom is 0.255 e. The van der Waals surface area contributed by atoms with Crippen molar-refractivity contribution in [3.63, 3.8) is 0 Å². The zero-order valence-electron chi connectivity index (χ0n) is 13.3. The molecule has 2 aliphatic rings. The maximum absolute atomic E-state index is 12.8. The molecular weight excluding hydrogens is 280 g/mol. The molecular formula is C17H24N2O3. The summed E-state index contributed by atoms with van der Waals surface area (Å²) in [5.74, 6) is 0.472. The van der Waals surface area contributed by atoms with Gasteiger partial charge in [-0.1, -0.05) is 0 Å². The van der Waals surface area contributed by atoms with Gasteiger partial charge >= 0.3 is 0 Å². The summed E-state index contributed by atoms with van der Waals surface area (Å²) in [6.45, 7) is 6.66. The third kappa shape index (κ3) is 3.01. The highest BCUT2D eigenvalue weighted by Crippen LogP contribution is 2.35. The van der Waals surface area contributed by atoms with Crippen LogP contribution in [-0.4, -0.2) is 54.3 Å². The fourth-order valence-electron chi connectivity index (χ4n) is 3.52. The zero-order chi connectivity index (χ0) is 15.5. The Morgan fingerprint density at radius 3 is 3.05 bits per heavy atom. The molecule has 3 rings (SSSR count). The van der Waals surface area contributed by atoms with Crippen LogP contribution in [0.4, 0.5) is 0 Å². The smallest absolute Gasteiger partial charge is 0.255 e. The standard InChI is InChI=1S/C17H24N2O3/c1-3-21-11-14-6-7-15-16(14)22-9-8-19(15)17(20)13-5-4-12(2)18-10-13/h4-5,10,14-16H,3,6-9,11H2,1-2H3. The second kappa shape index (κ2) is 6.75. The van der Waals surface area contributed by atoms with Crippen LogP contribution in [0.3, 0.4) is 0 Å². The van der Waals surface area contributed by atoms with E-state index in [9.17, 15) is 4.79 Å². The van der Waals surface area contributed by atoms with E-state index in [1.165, 1.54) is 0 Å². The second-order valence-corrected chi connectivity index (χ2v) is 6.09. The quantitative estimate of drug-likeness (QED) is 0.854. The van der Waals surface area contributed by atoms with Crippen molar-refractivity contribution in [1.29, 1.82) is 0 Å². The van der Waals surface area contributed by atoms with E-state index in [1.54, 1.807) is 6.20 Å². The van der Waals surface area contributed by atoms with Gasteiger partial charge in [-0.25, -0.2) is 0 Å². The van der Waals surface area contributed by atoms with Gasteiger partial charge in [0.1, 0.15) is 0 Å². The van der Waals surface area contributed by atoms with Crippen LogP contribution >= 0.6 is 0 Å². The molecule has 1 aliphatic heterocycles.